The average Bonchev–Trinajstić information content (AvgIpc) is 2.90. The molecule has 1 nitrogen and oxygen atoms in total. The van der Waals surface area contributed by atoms with Crippen molar-refractivity contribution in [1.29, 1.82) is 0 Å². The molecule has 33 heavy (non-hydrogen) atoms. The number of hydrogen-bond acceptors (Lipinski definition) is 1. The first-order valence-electron chi connectivity index (χ1n) is 11.6. The molecule has 5 aromatic rings. The summed E-state index contributed by atoms with van der Waals surface area (Å²) in [5.74, 6) is 0.279. The van der Waals surface area contributed by atoms with Crippen molar-refractivity contribution in [3.63, 3.8) is 0 Å². The van der Waals surface area contributed by atoms with E-state index in [1.807, 2.05) is 0 Å². The van der Waals surface area contributed by atoms with E-state index in [2.05, 4.69) is 133 Å². The van der Waals surface area contributed by atoms with Crippen LogP contribution in [-0.2, 0) is 5.54 Å². The van der Waals surface area contributed by atoms with Gasteiger partial charge in [0.15, 0.2) is 0 Å². The minimum absolute atomic E-state index is 0.279. The Morgan fingerprint density at radius 3 is 1.48 bits per heavy atom. The highest BCUT2D eigenvalue weighted by atomic mass is 15.0. The summed E-state index contributed by atoms with van der Waals surface area (Å²) in [6, 6.07) is 46.3. The van der Waals surface area contributed by atoms with E-state index >= 15 is 0 Å². The number of benzene rings is 5. The standard InChI is InChI=1S/C32H23N/c1-2-12-22(13-3-1)23-14-7-11-21-30(23)33-32-27-18-8-4-15-24(27)31(25-16-5-9-19-28(25)32)26-17-6-10-20-29(26)32/h1-21,31,33H. The van der Waals surface area contributed by atoms with E-state index in [0.717, 1.165) is 5.69 Å². The monoisotopic (exact) mass is 421 g/mol. The van der Waals surface area contributed by atoms with Gasteiger partial charge < -0.3 is 5.32 Å². The molecule has 0 aromatic heterocycles. The molecule has 0 radical (unpaired) electrons. The van der Waals surface area contributed by atoms with Gasteiger partial charge in [0.1, 0.15) is 5.54 Å². The van der Waals surface area contributed by atoms with Crippen molar-refractivity contribution in [2.75, 3.05) is 5.32 Å². The zero-order valence-electron chi connectivity index (χ0n) is 18.2. The van der Waals surface area contributed by atoms with Crippen molar-refractivity contribution < 1.29 is 0 Å². The number of hydrogen-bond donors (Lipinski definition) is 1. The Morgan fingerprint density at radius 2 is 0.909 bits per heavy atom. The zero-order chi connectivity index (χ0) is 21.8. The van der Waals surface area contributed by atoms with Crippen LogP contribution in [0.5, 0.6) is 0 Å². The summed E-state index contributed by atoms with van der Waals surface area (Å²) in [7, 11) is 0. The van der Waals surface area contributed by atoms with Crippen LogP contribution in [0.3, 0.4) is 0 Å². The Balaban J connectivity index is 1.55. The Hall–Kier alpha value is -4.10. The minimum atomic E-state index is -0.441. The summed E-state index contributed by atoms with van der Waals surface area (Å²) >= 11 is 0. The maximum Gasteiger partial charge on any atom is 0.115 e. The summed E-state index contributed by atoms with van der Waals surface area (Å²) in [6.45, 7) is 0. The van der Waals surface area contributed by atoms with Crippen LogP contribution < -0.4 is 5.32 Å². The van der Waals surface area contributed by atoms with E-state index in [1.165, 1.54) is 44.5 Å². The molecule has 0 saturated carbocycles. The second-order valence-corrected chi connectivity index (χ2v) is 8.98. The Morgan fingerprint density at radius 1 is 0.455 bits per heavy atom. The van der Waals surface area contributed by atoms with Gasteiger partial charge in [-0.1, -0.05) is 121 Å². The van der Waals surface area contributed by atoms with Crippen LogP contribution in [0.25, 0.3) is 11.1 Å². The number of anilines is 1. The predicted molar refractivity (Wildman–Crippen MR) is 136 cm³/mol. The van der Waals surface area contributed by atoms with Gasteiger partial charge in [-0.25, -0.2) is 0 Å². The highest BCUT2D eigenvalue weighted by Gasteiger charge is 2.51. The van der Waals surface area contributed by atoms with Crippen LogP contribution in [0.1, 0.15) is 39.3 Å². The lowest BCUT2D eigenvalue weighted by atomic mass is 9.57. The van der Waals surface area contributed by atoms with Crippen LogP contribution >= 0.6 is 0 Å². The Labute approximate surface area is 194 Å². The maximum atomic E-state index is 4.12. The molecule has 0 atom stereocenters. The SMILES string of the molecule is c1ccc(-c2ccccc2NC23c4ccccc4C(c4ccccc42)c2ccccc23)cc1. The molecule has 1 N–H and O–H groups in total. The Bertz CT molecular complexity index is 1380. The van der Waals surface area contributed by atoms with Crippen LogP contribution in [0.4, 0.5) is 5.69 Å². The fraction of sp³-hybridized carbons (Fsp3) is 0.0625. The van der Waals surface area contributed by atoms with E-state index in [0.29, 0.717) is 0 Å². The van der Waals surface area contributed by atoms with Gasteiger partial charge in [0.05, 0.1) is 0 Å². The first-order valence-corrected chi connectivity index (χ1v) is 11.6. The van der Waals surface area contributed by atoms with Gasteiger partial charge in [0.2, 0.25) is 0 Å². The number of rotatable bonds is 3. The molecule has 0 fully saturated rings. The van der Waals surface area contributed by atoms with E-state index in [-0.39, 0.29) is 5.92 Å². The lowest BCUT2D eigenvalue weighted by Crippen LogP contribution is -2.47. The van der Waals surface area contributed by atoms with Gasteiger partial charge in [0, 0.05) is 17.2 Å². The summed E-state index contributed by atoms with van der Waals surface area (Å²) in [6.07, 6.45) is 0. The summed E-state index contributed by atoms with van der Waals surface area (Å²) in [5.41, 5.74) is 11.4. The largest absolute Gasteiger partial charge is 0.367 e. The van der Waals surface area contributed by atoms with Gasteiger partial charge >= 0.3 is 0 Å². The van der Waals surface area contributed by atoms with Gasteiger partial charge in [-0.2, -0.15) is 0 Å². The van der Waals surface area contributed by atoms with Crippen molar-refractivity contribution in [2.45, 2.75) is 11.5 Å². The molecule has 0 amide bonds. The second-order valence-electron chi connectivity index (χ2n) is 8.98. The van der Waals surface area contributed by atoms with Gasteiger partial charge in [0.25, 0.3) is 0 Å². The molecule has 2 bridgehead atoms. The fourth-order valence-corrected chi connectivity index (χ4v) is 6.07. The third-order valence-electron chi connectivity index (χ3n) is 7.36. The van der Waals surface area contributed by atoms with E-state index in [9.17, 15) is 0 Å². The molecule has 0 aliphatic heterocycles. The average molecular weight is 422 g/mol. The first-order chi connectivity index (χ1) is 16.4. The third kappa shape index (κ3) is 2.48. The summed E-state index contributed by atoms with van der Waals surface area (Å²) < 4.78 is 0. The number of para-hydroxylation sites is 1. The molecule has 5 aromatic carbocycles. The third-order valence-corrected chi connectivity index (χ3v) is 7.36. The van der Waals surface area contributed by atoms with Crippen LogP contribution in [0.2, 0.25) is 0 Å². The molecule has 3 aliphatic carbocycles. The highest BCUT2D eigenvalue weighted by molar-refractivity contribution is 5.82. The van der Waals surface area contributed by atoms with E-state index < -0.39 is 5.54 Å². The van der Waals surface area contributed by atoms with Crippen molar-refractivity contribution >= 4 is 5.69 Å². The normalized spacial score (nSPS) is 19.3. The molecular formula is C32H23N. The molecule has 0 heterocycles. The molecule has 8 rings (SSSR count). The Kier molecular flexibility index (Phi) is 3.89. The van der Waals surface area contributed by atoms with Gasteiger partial charge in [-0.15, -0.1) is 0 Å². The van der Waals surface area contributed by atoms with Crippen molar-refractivity contribution in [3.05, 3.63) is 161 Å². The highest BCUT2D eigenvalue weighted by Crippen LogP contribution is 2.59. The van der Waals surface area contributed by atoms with E-state index in [1.54, 1.807) is 0 Å². The summed E-state index contributed by atoms with van der Waals surface area (Å²) in [5, 5.41) is 4.12. The van der Waals surface area contributed by atoms with Crippen molar-refractivity contribution in [1.82, 2.24) is 0 Å². The quantitative estimate of drug-likeness (QED) is 0.317. The molecule has 156 valence electrons. The molecule has 0 unspecified atom stereocenters. The van der Waals surface area contributed by atoms with Crippen LogP contribution in [-0.4, -0.2) is 0 Å². The van der Waals surface area contributed by atoms with Crippen LogP contribution in [0, 0.1) is 0 Å². The lowest BCUT2D eigenvalue weighted by molar-refractivity contribution is 0.608. The fourth-order valence-electron chi connectivity index (χ4n) is 6.07. The molecule has 0 spiro atoms. The van der Waals surface area contributed by atoms with E-state index in [4.69, 9.17) is 0 Å². The van der Waals surface area contributed by atoms with Crippen molar-refractivity contribution in [3.8, 4) is 11.1 Å². The smallest absolute Gasteiger partial charge is 0.115 e. The van der Waals surface area contributed by atoms with Crippen LogP contribution in [0.15, 0.2) is 127 Å². The summed E-state index contributed by atoms with van der Waals surface area (Å²) in [4.78, 5) is 0. The topological polar surface area (TPSA) is 12.0 Å². The first kappa shape index (κ1) is 18.5. The minimum Gasteiger partial charge on any atom is -0.367 e. The molecule has 0 saturated heterocycles. The molecular weight excluding hydrogens is 398 g/mol. The van der Waals surface area contributed by atoms with Crippen molar-refractivity contribution in [2.24, 2.45) is 0 Å². The van der Waals surface area contributed by atoms with Gasteiger partial charge in [-0.05, 0) is 45.0 Å². The molecule has 3 aliphatic rings. The number of nitrogens with one attached hydrogen (secondary N) is 1. The lowest BCUT2D eigenvalue weighted by Gasteiger charge is -2.51. The predicted octanol–water partition coefficient (Wildman–Crippen LogP) is 7.56. The second kappa shape index (κ2) is 6.95. The molecule has 1 heteroatoms. The zero-order valence-corrected chi connectivity index (χ0v) is 18.2. The van der Waals surface area contributed by atoms with Gasteiger partial charge in [-0.3, -0.25) is 0 Å². The maximum absolute atomic E-state index is 4.12.